The van der Waals surface area contributed by atoms with Crippen LogP contribution in [0.1, 0.15) is 32.1 Å². The molecule has 0 aromatic carbocycles. The van der Waals surface area contributed by atoms with Gasteiger partial charge in [0.2, 0.25) is 0 Å². The van der Waals surface area contributed by atoms with Gasteiger partial charge in [0.15, 0.2) is 0 Å². The summed E-state index contributed by atoms with van der Waals surface area (Å²) in [5, 5.41) is 0. The molecule has 0 rings (SSSR count). The molecule has 6 nitrogen and oxygen atoms in total. The lowest BCUT2D eigenvalue weighted by Gasteiger charge is -2.15. The van der Waals surface area contributed by atoms with Crippen LogP contribution in [0.25, 0.3) is 0 Å². The van der Waals surface area contributed by atoms with Crippen LogP contribution >= 0.6 is 0 Å². The molecule has 0 heterocycles. The Kier molecular flexibility index (Phi) is 13.5. The Hall–Kier alpha value is -2.50. The Labute approximate surface area is 149 Å². The molecule has 0 N–H and O–H groups in total. The topological polar surface area (TPSA) is 71.1 Å². The third-order valence-electron chi connectivity index (χ3n) is 3.14. The smallest absolute Gasteiger partial charge is 0.430 e. The summed E-state index contributed by atoms with van der Waals surface area (Å²) in [5.74, 6) is 0. The van der Waals surface area contributed by atoms with Crippen LogP contribution in [-0.2, 0) is 18.9 Å². The second-order valence-electron chi connectivity index (χ2n) is 5.12. The molecule has 140 valence electrons. The van der Waals surface area contributed by atoms with Crippen LogP contribution in [0.5, 0.6) is 0 Å². The second kappa shape index (κ2) is 15.1. The van der Waals surface area contributed by atoms with Gasteiger partial charge in [-0.25, -0.2) is 9.59 Å². The van der Waals surface area contributed by atoms with Gasteiger partial charge in [0.05, 0.1) is 0 Å². The van der Waals surface area contributed by atoms with Crippen molar-refractivity contribution < 1.29 is 28.5 Å². The van der Waals surface area contributed by atoms with E-state index < -0.39 is 24.5 Å². The molecule has 2 atom stereocenters. The largest absolute Gasteiger partial charge is 0.509 e. The number of rotatable bonds is 14. The van der Waals surface area contributed by atoms with Crippen LogP contribution in [0.2, 0.25) is 0 Å². The van der Waals surface area contributed by atoms with Crippen LogP contribution in [-0.4, -0.2) is 37.7 Å². The molecular formula is C19H28O6. The van der Waals surface area contributed by atoms with Crippen molar-refractivity contribution in [2.45, 2.75) is 44.3 Å². The molecule has 0 aromatic rings. The zero-order valence-electron chi connectivity index (χ0n) is 14.7. The number of hydrogen-bond donors (Lipinski definition) is 0. The molecule has 0 fully saturated rings. The molecule has 0 aliphatic rings. The van der Waals surface area contributed by atoms with E-state index in [1.54, 1.807) is 12.2 Å². The third kappa shape index (κ3) is 12.6. The van der Waals surface area contributed by atoms with E-state index in [2.05, 4.69) is 26.3 Å². The van der Waals surface area contributed by atoms with Crippen molar-refractivity contribution in [3.8, 4) is 0 Å². The molecule has 0 aliphatic carbocycles. The highest BCUT2D eigenvalue weighted by Gasteiger charge is 2.13. The van der Waals surface area contributed by atoms with Crippen molar-refractivity contribution in [3.63, 3.8) is 0 Å². The number of carbonyl (C=O) groups is 2. The Bertz CT molecular complexity index is 403. The highest BCUT2D eigenvalue weighted by Crippen LogP contribution is 2.13. The first kappa shape index (κ1) is 22.5. The minimum atomic E-state index is -0.733. The highest BCUT2D eigenvalue weighted by atomic mass is 16.7. The fourth-order valence-electron chi connectivity index (χ4n) is 1.89. The van der Waals surface area contributed by atoms with Crippen molar-refractivity contribution >= 4 is 12.3 Å². The molecular weight excluding hydrogens is 324 g/mol. The fraction of sp³-hybridized carbons (Fsp3) is 0.474. The van der Waals surface area contributed by atoms with E-state index in [0.29, 0.717) is 12.8 Å². The molecule has 0 radical (unpaired) electrons. The summed E-state index contributed by atoms with van der Waals surface area (Å²) in [5.41, 5.74) is 0. The summed E-state index contributed by atoms with van der Waals surface area (Å²) in [6, 6.07) is 0. The lowest BCUT2D eigenvalue weighted by molar-refractivity contribution is 0.0401. The zero-order valence-corrected chi connectivity index (χ0v) is 14.7. The molecule has 0 spiro atoms. The highest BCUT2D eigenvalue weighted by molar-refractivity contribution is 5.60. The maximum absolute atomic E-state index is 11.3. The lowest BCUT2D eigenvalue weighted by atomic mass is 10.1. The molecule has 0 amide bonds. The maximum atomic E-state index is 11.3. The second-order valence-corrected chi connectivity index (χ2v) is 5.12. The summed E-state index contributed by atoms with van der Waals surface area (Å²) in [4.78, 5) is 22.7. The molecule has 25 heavy (non-hydrogen) atoms. The van der Waals surface area contributed by atoms with E-state index in [1.807, 2.05) is 0 Å². The van der Waals surface area contributed by atoms with Crippen LogP contribution in [0, 0.1) is 0 Å². The van der Waals surface area contributed by atoms with Crippen molar-refractivity contribution in [2.24, 2.45) is 0 Å². The number of hydrogen-bond acceptors (Lipinski definition) is 6. The van der Waals surface area contributed by atoms with Gasteiger partial charge in [-0.1, -0.05) is 57.0 Å². The van der Waals surface area contributed by atoms with Gasteiger partial charge in [-0.15, -0.1) is 0 Å². The average Bonchev–Trinajstić information content (AvgIpc) is 2.62. The third-order valence-corrected chi connectivity index (χ3v) is 3.14. The van der Waals surface area contributed by atoms with Gasteiger partial charge in [0, 0.05) is 0 Å². The van der Waals surface area contributed by atoms with Crippen LogP contribution < -0.4 is 0 Å². The van der Waals surface area contributed by atoms with Crippen molar-refractivity contribution in [2.75, 3.05) is 13.2 Å². The van der Waals surface area contributed by atoms with E-state index in [-0.39, 0.29) is 13.2 Å². The summed E-state index contributed by atoms with van der Waals surface area (Å²) in [6.07, 6.45) is 7.66. The monoisotopic (exact) mass is 352 g/mol. The first-order valence-electron chi connectivity index (χ1n) is 8.21. The standard InChI is InChI=1S/C19H28O6/c1-5-14-22-18(20)24-16(7-3)12-10-9-11-13-17(8-4)25-19(21)23-15-6-2/h5-8,16-17H,1-4,9-15H2. The number of unbranched alkanes of at least 4 members (excludes halogenated alkanes) is 2. The zero-order chi connectivity index (χ0) is 18.9. The lowest BCUT2D eigenvalue weighted by Crippen LogP contribution is -2.18. The van der Waals surface area contributed by atoms with E-state index in [9.17, 15) is 9.59 Å². The molecule has 0 saturated carbocycles. The Balaban J connectivity index is 3.92. The molecule has 6 heteroatoms. The van der Waals surface area contributed by atoms with Crippen LogP contribution in [0.15, 0.2) is 50.6 Å². The number of ether oxygens (including phenoxy) is 4. The van der Waals surface area contributed by atoms with Gasteiger partial charge >= 0.3 is 12.3 Å². The van der Waals surface area contributed by atoms with Gasteiger partial charge in [0.1, 0.15) is 25.4 Å². The van der Waals surface area contributed by atoms with E-state index in [4.69, 9.17) is 18.9 Å². The van der Waals surface area contributed by atoms with Crippen LogP contribution in [0.4, 0.5) is 9.59 Å². The Morgan fingerprint density at radius 3 is 1.44 bits per heavy atom. The summed E-state index contributed by atoms with van der Waals surface area (Å²) in [6.45, 7) is 14.4. The quantitative estimate of drug-likeness (QED) is 0.256. The normalized spacial score (nSPS) is 12.2. The molecule has 2 unspecified atom stereocenters. The summed E-state index contributed by atoms with van der Waals surface area (Å²) in [7, 11) is 0. The van der Waals surface area contributed by atoms with Gasteiger partial charge in [-0.05, 0) is 25.7 Å². The molecule has 0 saturated heterocycles. The molecule has 0 bridgehead atoms. The van der Waals surface area contributed by atoms with E-state index in [0.717, 1.165) is 19.3 Å². The fourth-order valence-corrected chi connectivity index (χ4v) is 1.89. The Morgan fingerprint density at radius 1 is 0.720 bits per heavy atom. The van der Waals surface area contributed by atoms with Crippen LogP contribution in [0.3, 0.4) is 0 Å². The maximum Gasteiger partial charge on any atom is 0.509 e. The molecule has 0 aromatic heterocycles. The minimum absolute atomic E-state index is 0.112. The predicted octanol–water partition coefficient (Wildman–Crippen LogP) is 4.72. The van der Waals surface area contributed by atoms with Gasteiger partial charge in [-0.2, -0.15) is 0 Å². The van der Waals surface area contributed by atoms with Crippen molar-refractivity contribution in [3.05, 3.63) is 50.6 Å². The summed E-state index contributed by atoms with van der Waals surface area (Å²) >= 11 is 0. The predicted molar refractivity (Wildman–Crippen MR) is 96.3 cm³/mol. The summed E-state index contributed by atoms with van der Waals surface area (Å²) < 4.78 is 19.7. The first-order valence-corrected chi connectivity index (χ1v) is 8.21. The number of carbonyl (C=O) groups excluding carboxylic acids is 2. The van der Waals surface area contributed by atoms with Gasteiger partial charge < -0.3 is 18.9 Å². The van der Waals surface area contributed by atoms with Crippen molar-refractivity contribution in [1.82, 2.24) is 0 Å². The van der Waals surface area contributed by atoms with E-state index >= 15 is 0 Å². The minimum Gasteiger partial charge on any atom is -0.430 e. The average molecular weight is 352 g/mol. The van der Waals surface area contributed by atoms with Gasteiger partial charge in [0.25, 0.3) is 0 Å². The first-order chi connectivity index (χ1) is 12.1. The SMILES string of the molecule is C=CCOC(=O)OC(C=C)CCCCCC(C=C)OC(=O)OCC=C. The van der Waals surface area contributed by atoms with Crippen molar-refractivity contribution in [1.29, 1.82) is 0 Å². The van der Waals surface area contributed by atoms with E-state index in [1.165, 1.54) is 12.2 Å². The van der Waals surface area contributed by atoms with Gasteiger partial charge in [-0.3, -0.25) is 0 Å². The molecule has 0 aliphatic heterocycles. The Morgan fingerprint density at radius 2 is 1.12 bits per heavy atom.